The molecule has 1 aromatic carbocycles. The van der Waals surface area contributed by atoms with Crippen LogP contribution in [0.5, 0.6) is 0 Å². The zero-order valence-electron chi connectivity index (χ0n) is 9.40. The number of hydrogen-bond donors (Lipinski definition) is 2. The van der Waals surface area contributed by atoms with Crippen molar-refractivity contribution in [3.8, 4) is 0 Å². The standard InChI is InChI=1S/C11H17BO3/c1-8-4-9(2)6-11(5-8)12(14)15-7-10(3)13/h4-6,10,13-14H,7H2,1-3H3. The van der Waals surface area contributed by atoms with Gasteiger partial charge >= 0.3 is 7.12 Å². The summed E-state index contributed by atoms with van der Waals surface area (Å²) in [5.41, 5.74) is 2.91. The van der Waals surface area contributed by atoms with E-state index in [0.717, 1.165) is 16.6 Å². The highest BCUT2D eigenvalue weighted by molar-refractivity contribution is 6.60. The molecular formula is C11H17BO3. The predicted molar refractivity (Wildman–Crippen MR) is 61.2 cm³/mol. The van der Waals surface area contributed by atoms with Crippen molar-refractivity contribution >= 4 is 12.6 Å². The number of aliphatic hydroxyl groups is 1. The highest BCUT2D eigenvalue weighted by Gasteiger charge is 2.17. The maximum Gasteiger partial charge on any atom is 0.491 e. The molecule has 0 bridgehead atoms. The molecule has 0 fully saturated rings. The van der Waals surface area contributed by atoms with Gasteiger partial charge in [0.15, 0.2) is 0 Å². The minimum atomic E-state index is -0.960. The maximum absolute atomic E-state index is 9.68. The first kappa shape index (κ1) is 12.2. The average Bonchev–Trinajstić information content (AvgIpc) is 2.12. The lowest BCUT2D eigenvalue weighted by Gasteiger charge is -2.11. The van der Waals surface area contributed by atoms with E-state index in [0.29, 0.717) is 0 Å². The van der Waals surface area contributed by atoms with Crippen LogP contribution in [0.15, 0.2) is 18.2 Å². The minimum absolute atomic E-state index is 0.133. The lowest BCUT2D eigenvalue weighted by Crippen LogP contribution is -2.36. The van der Waals surface area contributed by atoms with Crippen LogP contribution < -0.4 is 5.46 Å². The first-order valence-electron chi connectivity index (χ1n) is 5.05. The van der Waals surface area contributed by atoms with Gasteiger partial charge in [0.25, 0.3) is 0 Å². The topological polar surface area (TPSA) is 49.7 Å². The number of rotatable bonds is 4. The van der Waals surface area contributed by atoms with E-state index in [1.165, 1.54) is 0 Å². The van der Waals surface area contributed by atoms with Gasteiger partial charge in [-0.2, -0.15) is 0 Å². The van der Waals surface area contributed by atoms with Gasteiger partial charge in [-0.25, -0.2) is 0 Å². The summed E-state index contributed by atoms with van der Waals surface area (Å²) in [5, 5.41) is 18.7. The molecule has 0 radical (unpaired) electrons. The van der Waals surface area contributed by atoms with E-state index in [2.05, 4.69) is 0 Å². The zero-order chi connectivity index (χ0) is 11.4. The third-order valence-corrected chi connectivity index (χ3v) is 2.02. The normalized spacial score (nSPS) is 12.6. The molecule has 0 saturated heterocycles. The Hall–Kier alpha value is -0.835. The van der Waals surface area contributed by atoms with Gasteiger partial charge in [-0.05, 0) is 26.2 Å². The monoisotopic (exact) mass is 208 g/mol. The number of aliphatic hydroxyl groups excluding tert-OH is 1. The average molecular weight is 208 g/mol. The van der Waals surface area contributed by atoms with Crippen LogP contribution in [0.1, 0.15) is 18.1 Å². The molecule has 0 aliphatic rings. The van der Waals surface area contributed by atoms with Crippen LogP contribution >= 0.6 is 0 Å². The van der Waals surface area contributed by atoms with E-state index in [4.69, 9.17) is 9.76 Å². The van der Waals surface area contributed by atoms with Gasteiger partial charge in [-0.3, -0.25) is 0 Å². The van der Waals surface area contributed by atoms with Crippen LogP contribution in [0, 0.1) is 13.8 Å². The smallest absolute Gasteiger partial charge is 0.423 e. The van der Waals surface area contributed by atoms with E-state index < -0.39 is 13.2 Å². The molecule has 0 amide bonds. The number of benzene rings is 1. The number of aryl methyl sites for hydroxylation is 2. The maximum atomic E-state index is 9.68. The first-order chi connectivity index (χ1) is 6.99. The molecule has 0 heterocycles. The van der Waals surface area contributed by atoms with Crippen molar-refractivity contribution in [2.24, 2.45) is 0 Å². The first-order valence-corrected chi connectivity index (χ1v) is 5.05. The Bertz CT molecular complexity index is 305. The molecule has 3 nitrogen and oxygen atoms in total. The molecule has 0 aliphatic heterocycles. The molecular weight excluding hydrogens is 191 g/mol. The Labute approximate surface area is 90.9 Å². The van der Waals surface area contributed by atoms with E-state index in [1.807, 2.05) is 32.0 Å². The molecule has 15 heavy (non-hydrogen) atoms. The molecule has 1 unspecified atom stereocenters. The summed E-state index contributed by atoms with van der Waals surface area (Å²) in [6, 6.07) is 5.78. The van der Waals surface area contributed by atoms with Crippen LogP contribution in [-0.2, 0) is 4.65 Å². The lowest BCUT2D eigenvalue weighted by molar-refractivity contribution is 0.112. The molecule has 1 aromatic rings. The Morgan fingerprint density at radius 1 is 1.27 bits per heavy atom. The zero-order valence-corrected chi connectivity index (χ0v) is 9.40. The largest absolute Gasteiger partial charge is 0.491 e. The van der Waals surface area contributed by atoms with E-state index in [-0.39, 0.29) is 6.61 Å². The van der Waals surface area contributed by atoms with Crippen molar-refractivity contribution in [2.75, 3.05) is 6.61 Å². The summed E-state index contributed by atoms with van der Waals surface area (Å²) in [5.74, 6) is 0. The van der Waals surface area contributed by atoms with Crippen molar-refractivity contribution in [3.63, 3.8) is 0 Å². The summed E-state index contributed by atoms with van der Waals surface area (Å²) in [4.78, 5) is 0. The molecule has 0 saturated carbocycles. The summed E-state index contributed by atoms with van der Waals surface area (Å²) >= 11 is 0. The fraction of sp³-hybridized carbons (Fsp3) is 0.455. The quantitative estimate of drug-likeness (QED) is 0.703. The molecule has 4 heteroatoms. The summed E-state index contributed by atoms with van der Waals surface area (Å²) in [6.45, 7) is 5.69. The van der Waals surface area contributed by atoms with Crippen molar-refractivity contribution in [2.45, 2.75) is 26.9 Å². The van der Waals surface area contributed by atoms with Crippen LogP contribution in [0.2, 0.25) is 0 Å². The minimum Gasteiger partial charge on any atom is -0.423 e. The molecule has 0 spiro atoms. The van der Waals surface area contributed by atoms with Crippen LogP contribution in [-0.4, -0.2) is 30.0 Å². The van der Waals surface area contributed by atoms with Crippen LogP contribution in [0.25, 0.3) is 0 Å². The second kappa shape index (κ2) is 5.30. The van der Waals surface area contributed by atoms with E-state index in [1.54, 1.807) is 6.92 Å². The predicted octanol–water partition coefficient (Wildman–Crippen LogP) is 0.388. The summed E-state index contributed by atoms with van der Waals surface area (Å²) in [6.07, 6.45) is -0.564. The van der Waals surface area contributed by atoms with Crippen molar-refractivity contribution < 1.29 is 14.8 Å². The fourth-order valence-electron chi connectivity index (χ4n) is 1.48. The molecule has 0 aromatic heterocycles. The highest BCUT2D eigenvalue weighted by atomic mass is 16.5. The summed E-state index contributed by atoms with van der Waals surface area (Å²) < 4.78 is 5.11. The third-order valence-electron chi connectivity index (χ3n) is 2.02. The SMILES string of the molecule is Cc1cc(C)cc(B(O)OCC(C)O)c1. The molecule has 1 rings (SSSR count). The molecule has 1 atom stereocenters. The van der Waals surface area contributed by atoms with Crippen molar-refractivity contribution in [1.29, 1.82) is 0 Å². The Morgan fingerprint density at radius 2 is 1.80 bits per heavy atom. The molecule has 0 aliphatic carbocycles. The Morgan fingerprint density at radius 3 is 2.27 bits per heavy atom. The highest BCUT2D eigenvalue weighted by Crippen LogP contribution is 2.01. The second-order valence-corrected chi connectivity index (χ2v) is 3.96. The van der Waals surface area contributed by atoms with Gasteiger partial charge < -0.3 is 14.8 Å². The van der Waals surface area contributed by atoms with Crippen LogP contribution in [0.3, 0.4) is 0 Å². The van der Waals surface area contributed by atoms with Gasteiger partial charge in [0, 0.05) is 0 Å². The third kappa shape index (κ3) is 4.04. The molecule has 2 N–H and O–H groups in total. The molecule has 82 valence electrons. The van der Waals surface area contributed by atoms with E-state index >= 15 is 0 Å². The number of hydrogen-bond acceptors (Lipinski definition) is 3. The second-order valence-electron chi connectivity index (χ2n) is 3.96. The lowest BCUT2D eigenvalue weighted by atomic mass is 9.78. The van der Waals surface area contributed by atoms with Gasteiger partial charge in [0.2, 0.25) is 0 Å². The fourth-order valence-corrected chi connectivity index (χ4v) is 1.48. The van der Waals surface area contributed by atoms with Crippen LogP contribution in [0.4, 0.5) is 0 Å². The Kier molecular flexibility index (Phi) is 4.33. The summed E-state index contributed by atoms with van der Waals surface area (Å²) in [7, 11) is -0.960. The van der Waals surface area contributed by atoms with Crippen molar-refractivity contribution in [1.82, 2.24) is 0 Å². The van der Waals surface area contributed by atoms with Gasteiger partial charge in [0.05, 0.1) is 12.7 Å². The Balaban J connectivity index is 2.68. The van der Waals surface area contributed by atoms with Crippen molar-refractivity contribution in [3.05, 3.63) is 29.3 Å². The van der Waals surface area contributed by atoms with Gasteiger partial charge in [-0.1, -0.05) is 29.3 Å². The van der Waals surface area contributed by atoms with E-state index in [9.17, 15) is 5.02 Å². The van der Waals surface area contributed by atoms with Gasteiger partial charge in [-0.15, -0.1) is 0 Å². The van der Waals surface area contributed by atoms with Gasteiger partial charge in [0.1, 0.15) is 0 Å².